The first-order chi connectivity index (χ1) is 12.8. The van der Waals surface area contributed by atoms with E-state index in [1.54, 1.807) is 42.1 Å². The molecule has 0 bridgehead atoms. The number of aromatic nitrogens is 2. The van der Waals surface area contributed by atoms with Gasteiger partial charge in [0.15, 0.2) is 5.82 Å². The molecule has 1 aromatic carbocycles. The van der Waals surface area contributed by atoms with Gasteiger partial charge in [0.2, 0.25) is 5.91 Å². The summed E-state index contributed by atoms with van der Waals surface area (Å²) in [7, 11) is 1.78. The van der Waals surface area contributed by atoms with Crippen molar-refractivity contribution in [2.45, 2.75) is 32.4 Å². The fraction of sp³-hybridized carbons (Fsp3) is 0.333. The van der Waals surface area contributed by atoms with Gasteiger partial charge in [0, 0.05) is 30.3 Å². The minimum Gasteiger partial charge on any atom is -0.326 e. The number of hydrogen-bond acceptors (Lipinski definition) is 4. The second kappa shape index (κ2) is 7.79. The number of nitrogens with zero attached hydrogens (tertiary/aromatic N) is 3. The van der Waals surface area contributed by atoms with Crippen molar-refractivity contribution in [3.05, 3.63) is 46.6 Å². The van der Waals surface area contributed by atoms with Crippen LogP contribution in [0.25, 0.3) is 0 Å². The normalized spacial score (nSPS) is 16.6. The van der Waals surface area contributed by atoms with Crippen molar-refractivity contribution in [2.75, 3.05) is 5.32 Å². The summed E-state index contributed by atoms with van der Waals surface area (Å²) in [6.07, 6.45) is 0.299. The van der Waals surface area contributed by atoms with E-state index < -0.39 is 12.1 Å². The summed E-state index contributed by atoms with van der Waals surface area (Å²) in [5.41, 5.74) is 1.60. The summed E-state index contributed by atoms with van der Waals surface area (Å²) in [5.74, 6) is -0.164. The van der Waals surface area contributed by atoms with Crippen molar-refractivity contribution in [1.29, 1.82) is 0 Å². The van der Waals surface area contributed by atoms with E-state index in [1.807, 2.05) is 6.92 Å². The van der Waals surface area contributed by atoms with Gasteiger partial charge in [-0.05, 0) is 25.0 Å². The van der Waals surface area contributed by atoms with Crippen LogP contribution in [0.1, 0.15) is 24.1 Å². The lowest BCUT2D eigenvalue weighted by molar-refractivity contribution is -0.128. The Kier molecular flexibility index (Phi) is 5.46. The zero-order chi connectivity index (χ0) is 19.6. The summed E-state index contributed by atoms with van der Waals surface area (Å²) >= 11 is 6.10. The highest BCUT2D eigenvalue weighted by Gasteiger charge is 2.38. The van der Waals surface area contributed by atoms with Crippen LogP contribution in [0.3, 0.4) is 0 Å². The number of carbonyl (C=O) groups is 3. The van der Waals surface area contributed by atoms with Crippen LogP contribution in [0.2, 0.25) is 5.02 Å². The molecule has 0 saturated carbocycles. The van der Waals surface area contributed by atoms with E-state index in [9.17, 15) is 14.4 Å². The fourth-order valence-electron chi connectivity index (χ4n) is 2.82. The molecule has 8 nitrogen and oxygen atoms in total. The van der Waals surface area contributed by atoms with Gasteiger partial charge in [-0.3, -0.25) is 19.2 Å². The molecule has 1 fully saturated rings. The Balaban J connectivity index is 1.55. The van der Waals surface area contributed by atoms with Crippen molar-refractivity contribution >= 4 is 35.3 Å². The summed E-state index contributed by atoms with van der Waals surface area (Å²) in [5, 5.41) is 9.95. The van der Waals surface area contributed by atoms with Crippen molar-refractivity contribution in [3.8, 4) is 0 Å². The van der Waals surface area contributed by atoms with Crippen molar-refractivity contribution in [2.24, 2.45) is 7.05 Å². The Morgan fingerprint density at radius 3 is 2.74 bits per heavy atom. The minimum atomic E-state index is -0.726. The smallest absolute Gasteiger partial charge is 0.325 e. The van der Waals surface area contributed by atoms with Crippen LogP contribution in [-0.2, 0) is 23.2 Å². The minimum absolute atomic E-state index is 0.0895. The number of anilines is 1. The van der Waals surface area contributed by atoms with E-state index in [1.165, 1.54) is 0 Å². The second-order valence-electron chi connectivity index (χ2n) is 6.40. The summed E-state index contributed by atoms with van der Waals surface area (Å²) < 4.78 is 1.66. The maximum atomic E-state index is 12.5. The van der Waals surface area contributed by atoms with Gasteiger partial charge >= 0.3 is 6.03 Å². The Morgan fingerprint density at radius 1 is 1.33 bits per heavy atom. The average molecular weight is 390 g/mol. The number of halogens is 1. The summed E-state index contributed by atoms with van der Waals surface area (Å²) in [4.78, 5) is 37.8. The molecule has 1 aliphatic rings. The number of rotatable bonds is 6. The SMILES string of the molecule is Cc1cc(NC(=O)CC[C@@H]2NC(=O)N(Cc3ccccc3Cl)C2=O)nn1C. The van der Waals surface area contributed by atoms with E-state index in [0.717, 1.165) is 10.6 Å². The zero-order valence-corrected chi connectivity index (χ0v) is 15.8. The van der Waals surface area contributed by atoms with E-state index in [4.69, 9.17) is 11.6 Å². The van der Waals surface area contributed by atoms with Crippen molar-refractivity contribution in [1.82, 2.24) is 20.0 Å². The van der Waals surface area contributed by atoms with Crippen LogP contribution in [0.15, 0.2) is 30.3 Å². The quantitative estimate of drug-likeness (QED) is 0.740. The van der Waals surface area contributed by atoms with E-state index in [-0.39, 0.29) is 31.2 Å². The van der Waals surface area contributed by atoms with Gasteiger partial charge < -0.3 is 10.6 Å². The standard InChI is InChI=1S/C18H20ClN5O3/c1-11-9-15(22-23(11)2)21-16(25)8-7-14-17(26)24(18(27)20-14)10-12-5-3-4-6-13(12)19/h3-6,9,14H,7-8,10H2,1-2H3,(H,20,27)(H,21,22,25)/t14-/m0/s1. The molecular formula is C18H20ClN5O3. The molecule has 1 aliphatic heterocycles. The van der Waals surface area contributed by atoms with Crippen molar-refractivity contribution < 1.29 is 14.4 Å². The molecule has 1 aromatic heterocycles. The van der Waals surface area contributed by atoms with Gasteiger partial charge in [-0.15, -0.1) is 0 Å². The zero-order valence-electron chi connectivity index (χ0n) is 15.0. The van der Waals surface area contributed by atoms with Gasteiger partial charge in [-0.2, -0.15) is 5.10 Å². The lowest BCUT2D eigenvalue weighted by Crippen LogP contribution is -2.31. The summed E-state index contributed by atoms with van der Waals surface area (Å²) in [6.45, 7) is 1.98. The first kappa shape index (κ1) is 18.9. The number of imide groups is 1. The Bertz CT molecular complexity index is 875. The second-order valence-corrected chi connectivity index (χ2v) is 6.81. The van der Waals surface area contributed by atoms with Crippen LogP contribution < -0.4 is 10.6 Å². The number of urea groups is 1. The molecule has 9 heteroatoms. The third-order valence-electron chi connectivity index (χ3n) is 4.43. The van der Waals surface area contributed by atoms with Crippen LogP contribution in [0.4, 0.5) is 10.6 Å². The highest BCUT2D eigenvalue weighted by atomic mass is 35.5. The van der Waals surface area contributed by atoms with Crippen LogP contribution in [-0.4, -0.2) is 38.6 Å². The van der Waals surface area contributed by atoms with E-state index >= 15 is 0 Å². The van der Waals surface area contributed by atoms with Crippen LogP contribution in [0, 0.1) is 6.92 Å². The first-order valence-electron chi connectivity index (χ1n) is 8.51. The Morgan fingerprint density at radius 2 is 2.07 bits per heavy atom. The maximum absolute atomic E-state index is 12.5. The lowest BCUT2D eigenvalue weighted by Gasteiger charge is -2.14. The largest absolute Gasteiger partial charge is 0.326 e. The van der Waals surface area contributed by atoms with E-state index in [2.05, 4.69) is 15.7 Å². The number of carbonyl (C=O) groups excluding carboxylic acids is 3. The molecule has 2 N–H and O–H groups in total. The predicted molar refractivity (Wildman–Crippen MR) is 100 cm³/mol. The molecule has 0 spiro atoms. The molecule has 1 atom stereocenters. The molecule has 0 unspecified atom stereocenters. The van der Waals surface area contributed by atoms with Gasteiger partial charge in [0.25, 0.3) is 5.91 Å². The number of benzene rings is 1. The maximum Gasteiger partial charge on any atom is 0.325 e. The molecule has 2 aromatic rings. The number of nitrogens with one attached hydrogen (secondary N) is 2. The summed E-state index contributed by atoms with van der Waals surface area (Å²) in [6, 6.07) is 7.59. The average Bonchev–Trinajstić information content (AvgIpc) is 3.07. The van der Waals surface area contributed by atoms with Crippen molar-refractivity contribution in [3.63, 3.8) is 0 Å². The fourth-order valence-corrected chi connectivity index (χ4v) is 3.02. The molecule has 3 rings (SSSR count). The van der Waals surface area contributed by atoms with Crippen LogP contribution >= 0.6 is 11.6 Å². The monoisotopic (exact) mass is 389 g/mol. The molecule has 142 valence electrons. The van der Waals surface area contributed by atoms with Gasteiger partial charge in [-0.1, -0.05) is 29.8 Å². The van der Waals surface area contributed by atoms with Gasteiger partial charge in [-0.25, -0.2) is 4.79 Å². The molecule has 0 radical (unpaired) electrons. The van der Waals surface area contributed by atoms with Gasteiger partial charge in [0.1, 0.15) is 6.04 Å². The molecule has 0 aliphatic carbocycles. The highest BCUT2D eigenvalue weighted by Crippen LogP contribution is 2.20. The molecule has 2 heterocycles. The number of aryl methyl sites for hydroxylation is 2. The Hall–Kier alpha value is -2.87. The molecule has 1 saturated heterocycles. The predicted octanol–water partition coefficient (Wildman–Crippen LogP) is 2.22. The van der Waals surface area contributed by atoms with Gasteiger partial charge in [0.05, 0.1) is 6.54 Å². The third-order valence-corrected chi connectivity index (χ3v) is 4.80. The lowest BCUT2D eigenvalue weighted by atomic mass is 10.1. The molecular weight excluding hydrogens is 370 g/mol. The first-order valence-corrected chi connectivity index (χ1v) is 8.88. The van der Waals surface area contributed by atoms with E-state index in [0.29, 0.717) is 16.4 Å². The Labute approximate surface area is 161 Å². The highest BCUT2D eigenvalue weighted by molar-refractivity contribution is 6.31. The number of amides is 4. The topological polar surface area (TPSA) is 96.3 Å². The molecule has 4 amide bonds. The number of hydrogen-bond donors (Lipinski definition) is 2. The van der Waals surface area contributed by atoms with Crippen LogP contribution in [0.5, 0.6) is 0 Å². The third kappa shape index (κ3) is 4.28. The molecule has 27 heavy (non-hydrogen) atoms.